The van der Waals surface area contributed by atoms with E-state index in [9.17, 15) is 9.59 Å². The Bertz CT molecular complexity index is 696. The number of aryl methyl sites for hydroxylation is 1. The Labute approximate surface area is 155 Å². The number of piperidine rings is 1. The molecule has 144 valence electrons. The van der Waals surface area contributed by atoms with E-state index in [1.807, 2.05) is 32.7 Å². The first-order chi connectivity index (χ1) is 12.2. The molecule has 2 aliphatic rings. The molecule has 0 bridgehead atoms. The summed E-state index contributed by atoms with van der Waals surface area (Å²) in [4.78, 5) is 29.1. The third-order valence-electron chi connectivity index (χ3n) is 5.12. The molecule has 2 aliphatic heterocycles. The maximum absolute atomic E-state index is 13.1. The van der Waals surface area contributed by atoms with Crippen molar-refractivity contribution in [3.8, 4) is 0 Å². The topological polar surface area (TPSA) is 67.7 Å². The van der Waals surface area contributed by atoms with Gasteiger partial charge in [-0.25, -0.2) is 4.79 Å². The quantitative estimate of drug-likeness (QED) is 0.770. The van der Waals surface area contributed by atoms with Gasteiger partial charge in [0.1, 0.15) is 11.3 Å². The summed E-state index contributed by atoms with van der Waals surface area (Å²) >= 11 is 0. The van der Waals surface area contributed by atoms with Crippen molar-refractivity contribution < 1.29 is 14.3 Å². The van der Waals surface area contributed by atoms with Gasteiger partial charge in [0.15, 0.2) is 0 Å². The number of amides is 2. The van der Waals surface area contributed by atoms with Gasteiger partial charge in [-0.1, -0.05) is 6.92 Å². The lowest BCUT2D eigenvalue weighted by Crippen LogP contribution is -2.41. The van der Waals surface area contributed by atoms with Crippen LogP contribution in [0.1, 0.15) is 62.3 Å². The lowest BCUT2D eigenvalue weighted by atomic mass is 9.98. The van der Waals surface area contributed by atoms with Gasteiger partial charge in [-0.05, 0) is 39.5 Å². The van der Waals surface area contributed by atoms with E-state index in [1.165, 1.54) is 0 Å². The number of hydrogen-bond donors (Lipinski definition) is 0. The van der Waals surface area contributed by atoms with Gasteiger partial charge >= 0.3 is 6.09 Å². The number of carbonyl (C=O) groups excluding carboxylic acids is 2. The number of ether oxygens (including phenoxy) is 1. The van der Waals surface area contributed by atoms with Crippen LogP contribution in [0.3, 0.4) is 0 Å². The normalized spacial score (nSPS) is 18.7. The zero-order valence-electron chi connectivity index (χ0n) is 16.5. The van der Waals surface area contributed by atoms with Crippen LogP contribution in [0.4, 0.5) is 4.79 Å². The maximum atomic E-state index is 13.1. The molecule has 2 amide bonds. The summed E-state index contributed by atoms with van der Waals surface area (Å²) in [5, 5.41) is 4.54. The van der Waals surface area contributed by atoms with Gasteiger partial charge in [0.05, 0.1) is 12.2 Å². The van der Waals surface area contributed by atoms with E-state index in [-0.39, 0.29) is 12.0 Å². The van der Waals surface area contributed by atoms with E-state index >= 15 is 0 Å². The molecule has 0 aromatic carbocycles. The summed E-state index contributed by atoms with van der Waals surface area (Å²) in [6, 6.07) is 0. The number of aromatic nitrogens is 2. The second-order valence-corrected chi connectivity index (χ2v) is 8.52. The van der Waals surface area contributed by atoms with Crippen molar-refractivity contribution >= 4 is 12.0 Å². The Morgan fingerprint density at radius 3 is 2.38 bits per heavy atom. The summed E-state index contributed by atoms with van der Waals surface area (Å²) in [5.74, 6) is 0.696. The van der Waals surface area contributed by atoms with E-state index in [0.717, 1.165) is 37.2 Å². The average Bonchev–Trinajstić information content (AvgIpc) is 2.88. The molecule has 0 spiro atoms. The molecule has 26 heavy (non-hydrogen) atoms. The highest BCUT2D eigenvalue weighted by Crippen LogP contribution is 2.26. The lowest BCUT2D eigenvalue weighted by Gasteiger charge is -2.32. The van der Waals surface area contributed by atoms with Crippen LogP contribution >= 0.6 is 0 Å². The number of hydrogen-bond acceptors (Lipinski definition) is 4. The predicted octanol–water partition coefficient (Wildman–Crippen LogP) is 2.59. The highest BCUT2D eigenvalue weighted by molar-refractivity contribution is 5.94. The number of fused-ring (bicyclic) bond motifs is 1. The number of likely N-dealkylation sites (tertiary alicyclic amines) is 1. The Kier molecular flexibility index (Phi) is 4.99. The van der Waals surface area contributed by atoms with Crippen molar-refractivity contribution in [2.75, 3.05) is 19.6 Å². The highest BCUT2D eigenvalue weighted by Gasteiger charge is 2.33. The minimum atomic E-state index is -0.532. The van der Waals surface area contributed by atoms with Crippen molar-refractivity contribution in [2.24, 2.45) is 13.0 Å². The Balaban J connectivity index is 1.79. The molecule has 0 saturated carbocycles. The maximum Gasteiger partial charge on any atom is 0.410 e. The fourth-order valence-corrected chi connectivity index (χ4v) is 3.61. The predicted molar refractivity (Wildman–Crippen MR) is 97.9 cm³/mol. The van der Waals surface area contributed by atoms with E-state index in [4.69, 9.17) is 4.74 Å². The minimum Gasteiger partial charge on any atom is -0.444 e. The molecule has 0 unspecified atom stereocenters. The van der Waals surface area contributed by atoms with Gasteiger partial charge in [0.25, 0.3) is 5.91 Å². The van der Waals surface area contributed by atoms with Crippen molar-refractivity contribution in [1.82, 2.24) is 19.6 Å². The van der Waals surface area contributed by atoms with E-state index in [0.29, 0.717) is 31.1 Å². The van der Waals surface area contributed by atoms with E-state index in [1.54, 1.807) is 9.58 Å². The van der Waals surface area contributed by atoms with Gasteiger partial charge in [0.2, 0.25) is 0 Å². The molecule has 1 aromatic rings. The molecule has 0 radical (unpaired) electrons. The van der Waals surface area contributed by atoms with Gasteiger partial charge < -0.3 is 14.5 Å². The molecule has 3 rings (SSSR count). The minimum absolute atomic E-state index is 0.0270. The number of rotatable bonds is 1. The zero-order chi connectivity index (χ0) is 19.1. The Morgan fingerprint density at radius 1 is 1.12 bits per heavy atom. The molecule has 7 nitrogen and oxygen atoms in total. The molecule has 1 aromatic heterocycles. The van der Waals surface area contributed by atoms with Crippen LogP contribution in [0.2, 0.25) is 0 Å². The molecule has 0 aliphatic carbocycles. The highest BCUT2D eigenvalue weighted by atomic mass is 16.6. The van der Waals surface area contributed by atoms with Gasteiger partial charge in [-0.2, -0.15) is 5.10 Å². The van der Waals surface area contributed by atoms with Crippen LogP contribution in [0.25, 0.3) is 0 Å². The first kappa shape index (κ1) is 18.7. The summed E-state index contributed by atoms with van der Waals surface area (Å²) in [6.07, 6.45) is 2.38. The summed E-state index contributed by atoms with van der Waals surface area (Å²) in [7, 11) is 1.82. The SMILES string of the molecule is CC1CCN(C(=O)c2c3c(nn2C)CCN(C(=O)OC(C)(C)C)C3)CC1. The molecule has 1 fully saturated rings. The Morgan fingerprint density at radius 2 is 1.77 bits per heavy atom. The standard InChI is InChI=1S/C19H30N4O3/c1-13-6-9-22(10-7-13)17(24)16-14-12-23(18(25)26-19(2,3)4)11-8-15(14)20-21(16)5/h13H,6-12H2,1-5H3. The first-order valence-electron chi connectivity index (χ1n) is 9.47. The smallest absolute Gasteiger partial charge is 0.410 e. The second kappa shape index (κ2) is 6.93. The third kappa shape index (κ3) is 3.86. The second-order valence-electron chi connectivity index (χ2n) is 8.52. The average molecular weight is 362 g/mol. The monoisotopic (exact) mass is 362 g/mol. The molecule has 0 atom stereocenters. The Hall–Kier alpha value is -2.05. The molecule has 0 N–H and O–H groups in total. The molecule has 1 saturated heterocycles. The van der Waals surface area contributed by atoms with E-state index < -0.39 is 5.60 Å². The fourth-order valence-electron chi connectivity index (χ4n) is 3.61. The van der Waals surface area contributed by atoms with Crippen molar-refractivity contribution in [1.29, 1.82) is 0 Å². The largest absolute Gasteiger partial charge is 0.444 e. The van der Waals surface area contributed by atoms with Gasteiger partial charge in [-0.3, -0.25) is 9.48 Å². The number of nitrogens with zero attached hydrogens (tertiary/aromatic N) is 4. The third-order valence-corrected chi connectivity index (χ3v) is 5.12. The van der Waals surface area contributed by atoms with Crippen molar-refractivity contribution in [3.63, 3.8) is 0 Å². The first-order valence-corrected chi connectivity index (χ1v) is 9.47. The number of carbonyl (C=O) groups is 2. The molecular weight excluding hydrogens is 332 g/mol. The van der Waals surface area contributed by atoms with Crippen LogP contribution in [0.15, 0.2) is 0 Å². The molecular formula is C19H30N4O3. The summed E-state index contributed by atoms with van der Waals surface area (Å²) in [6.45, 7) is 10.3. The van der Waals surface area contributed by atoms with Gasteiger partial charge in [0, 0.05) is 38.7 Å². The van der Waals surface area contributed by atoms with Gasteiger partial charge in [-0.15, -0.1) is 0 Å². The van der Waals surface area contributed by atoms with E-state index in [2.05, 4.69) is 12.0 Å². The summed E-state index contributed by atoms with van der Waals surface area (Å²) in [5.41, 5.74) is 1.87. The van der Waals surface area contributed by atoms with Crippen molar-refractivity contribution in [2.45, 2.75) is 59.1 Å². The van der Waals surface area contributed by atoms with Crippen LogP contribution in [0.5, 0.6) is 0 Å². The molecule has 7 heteroatoms. The lowest BCUT2D eigenvalue weighted by molar-refractivity contribution is 0.0221. The van der Waals surface area contributed by atoms with Crippen LogP contribution in [-0.4, -0.2) is 56.8 Å². The van der Waals surface area contributed by atoms with Crippen LogP contribution in [0, 0.1) is 5.92 Å². The fraction of sp³-hybridized carbons (Fsp3) is 0.737. The van der Waals surface area contributed by atoms with Crippen LogP contribution < -0.4 is 0 Å². The molecule has 3 heterocycles. The van der Waals surface area contributed by atoms with Crippen molar-refractivity contribution in [3.05, 3.63) is 17.0 Å². The summed E-state index contributed by atoms with van der Waals surface area (Å²) < 4.78 is 7.18. The zero-order valence-corrected chi connectivity index (χ0v) is 16.5. The van der Waals surface area contributed by atoms with Crippen LogP contribution in [-0.2, 0) is 24.8 Å².